The molecule has 1 saturated heterocycles. The number of ether oxygens (including phenoxy) is 1. The fourth-order valence-electron chi connectivity index (χ4n) is 3.04. The van der Waals surface area contributed by atoms with E-state index in [9.17, 15) is 10.1 Å². The lowest BCUT2D eigenvalue weighted by Crippen LogP contribution is -2.42. The first-order valence-corrected chi connectivity index (χ1v) is 8.59. The molecule has 0 radical (unpaired) electrons. The summed E-state index contributed by atoms with van der Waals surface area (Å²) >= 11 is 0. The van der Waals surface area contributed by atoms with E-state index in [2.05, 4.69) is 50.2 Å². The van der Waals surface area contributed by atoms with Gasteiger partial charge < -0.3 is 15.4 Å². The lowest BCUT2D eigenvalue weighted by atomic mass is 9.82. The van der Waals surface area contributed by atoms with Gasteiger partial charge in [0.15, 0.2) is 0 Å². The molecule has 1 fully saturated rings. The average molecular weight is 336 g/mol. The number of morpholine rings is 1. The summed E-state index contributed by atoms with van der Waals surface area (Å²) in [5.74, 6) is -0.329. The average Bonchev–Trinajstić information content (AvgIpc) is 2.46. The molecule has 136 valence electrons. The first-order chi connectivity index (χ1) is 11.1. The summed E-state index contributed by atoms with van der Waals surface area (Å²) in [5.41, 5.74) is 0.0883. The zero-order chi connectivity index (χ0) is 18.2. The highest BCUT2D eigenvalue weighted by Gasteiger charge is 2.24. The molecule has 1 rings (SSSR count). The van der Waals surface area contributed by atoms with Crippen molar-refractivity contribution in [2.24, 2.45) is 5.41 Å². The maximum Gasteiger partial charge on any atom is 0.263 e. The van der Waals surface area contributed by atoms with Gasteiger partial charge in [-0.2, -0.15) is 5.26 Å². The Morgan fingerprint density at radius 1 is 1.25 bits per heavy atom. The molecular weight excluding hydrogens is 304 g/mol. The van der Waals surface area contributed by atoms with E-state index in [4.69, 9.17) is 4.74 Å². The number of rotatable bonds is 7. The molecule has 0 aromatic rings. The molecule has 0 bridgehead atoms. The van der Waals surface area contributed by atoms with Gasteiger partial charge in [-0.3, -0.25) is 9.69 Å². The number of amides is 1. The molecule has 0 aromatic carbocycles. The van der Waals surface area contributed by atoms with Crippen molar-refractivity contribution in [3.05, 3.63) is 11.8 Å². The van der Waals surface area contributed by atoms with Crippen LogP contribution in [0.5, 0.6) is 0 Å². The summed E-state index contributed by atoms with van der Waals surface area (Å²) in [5, 5.41) is 15.3. The Kier molecular flexibility index (Phi) is 7.71. The van der Waals surface area contributed by atoms with Gasteiger partial charge in [0.2, 0.25) is 0 Å². The number of nitrogens with zero attached hydrogens (tertiary/aromatic N) is 2. The van der Waals surface area contributed by atoms with Crippen LogP contribution in [0.2, 0.25) is 0 Å². The Morgan fingerprint density at radius 2 is 1.88 bits per heavy atom. The Hall–Kier alpha value is -1.58. The second-order valence-electron chi connectivity index (χ2n) is 8.15. The van der Waals surface area contributed by atoms with Gasteiger partial charge in [0.25, 0.3) is 5.91 Å². The third kappa shape index (κ3) is 8.32. The first-order valence-electron chi connectivity index (χ1n) is 8.59. The minimum absolute atomic E-state index is 0.110. The van der Waals surface area contributed by atoms with E-state index in [1.54, 1.807) is 0 Å². The quantitative estimate of drug-likeness (QED) is 0.546. The molecule has 1 aliphatic heterocycles. The number of carbonyl (C=O) groups is 1. The van der Waals surface area contributed by atoms with E-state index in [0.717, 1.165) is 39.3 Å². The van der Waals surface area contributed by atoms with Gasteiger partial charge in [-0.1, -0.05) is 20.8 Å². The summed E-state index contributed by atoms with van der Waals surface area (Å²) in [6.45, 7) is 15.2. The van der Waals surface area contributed by atoms with Crippen LogP contribution < -0.4 is 10.6 Å². The minimum Gasteiger partial charge on any atom is -0.385 e. The van der Waals surface area contributed by atoms with Crippen LogP contribution in [-0.4, -0.2) is 55.7 Å². The molecule has 0 atom stereocenters. The maximum absolute atomic E-state index is 12.1. The van der Waals surface area contributed by atoms with E-state index in [1.165, 1.54) is 6.20 Å². The second kappa shape index (κ2) is 9.05. The monoisotopic (exact) mass is 336 g/mol. The smallest absolute Gasteiger partial charge is 0.263 e. The molecule has 1 heterocycles. The molecule has 1 amide bonds. The molecule has 1 aliphatic rings. The summed E-state index contributed by atoms with van der Waals surface area (Å²) in [4.78, 5) is 14.4. The van der Waals surface area contributed by atoms with Crippen molar-refractivity contribution in [3.8, 4) is 6.07 Å². The molecule has 6 heteroatoms. The number of hydrogen-bond acceptors (Lipinski definition) is 5. The molecule has 0 aromatic heterocycles. The first kappa shape index (κ1) is 20.5. The molecule has 0 aliphatic carbocycles. The Bertz CT molecular complexity index is 480. The number of nitriles is 1. The van der Waals surface area contributed by atoms with Crippen molar-refractivity contribution in [2.45, 2.75) is 46.6 Å². The van der Waals surface area contributed by atoms with Crippen molar-refractivity contribution >= 4 is 5.91 Å². The van der Waals surface area contributed by atoms with E-state index in [0.29, 0.717) is 6.54 Å². The Morgan fingerprint density at radius 3 is 2.42 bits per heavy atom. The topological polar surface area (TPSA) is 77.4 Å². The van der Waals surface area contributed by atoms with Gasteiger partial charge in [0.05, 0.1) is 13.2 Å². The van der Waals surface area contributed by atoms with Gasteiger partial charge in [-0.05, 0) is 25.7 Å². The summed E-state index contributed by atoms with van der Waals surface area (Å²) in [7, 11) is 0. The highest BCUT2D eigenvalue weighted by molar-refractivity contribution is 5.97. The molecule has 0 spiro atoms. The largest absolute Gasteiger partial charge is 0.385 e. The number of hydrogen-bond donors (Lipinski definition) is 2. The van der Waals surface area contributed by atoms with Crippen molar-refractivity contribution in [2.75, 3.05) is 39.4 Å². The molecule has 0 unspecified atom stereocenters. The summed E-state index contributed by atoms with van der Waals surface area (Å²) < 4.78 is 5.29. The Balaban J connectivity index is 2.45. The third-order valence-electron chi connectivity index (χ3n) is 3.76. The standard InChI is InChI=1S/C18H32N4O2/c1-17(2,3)14-18(4,5)21-13-15(12-19)16(23)20-6-7-22-8-10-24-11-9-22/h13,21H,6-11,14H2,1-5H3,(H,20,23)/b15-13-. The molecule has 6 nitrogen and oxygen atoms in total. The van der Waals surface area contributed by atoms with Crippen LogP contribution in [-0.2, 0) is 9.53 Å². The predicted molar refractivity (Wildman–Crippen MR) is 95.3 cm³/mol. The van der Waals surface area contributed by atoms with Crippen LogP contribution in [0.15, 0.2) is 11.8 Å². The predicted octanol–water partition coefficient (Wildman–Crippen LogP) is 1.65. The normalized spacial score (nSPS) is 17.2. The number of carbonyl (C=O) groups excluding carboxylic acids is 1. The van der Waals surface area contributed by atoms with Crippen LogP contribution in [0.1, 0.15) is 41.0 Å². The van der Waals surface area contributed by atoms with Crippen molar-refractivity contribution in [1.82, 2.24) is 15.5 Å². The highest BCUT2D eigenvalue weighted by atomic mass is 16.5. The molecule has 0 saturated carbocycles. The van der Waals surface area contributed by atoms with Crippen molar-refractivity contribution in [3.63, 3.8) is 0 Å². The minimum atomic E-state index is -0.329. The molecular formula is C18H32N4O2. The van der Waals surface area contributed by atoms with Gasteiger partial charge >= 0.3 is 0 Å². The van der Waals surface area contributed by atoms with Gasteiger partial charge in [-0.15, -0.1) is 0 Å². The zero-order valence-electron chi connectivity index (χ0n) is 15.7. The van der Waals surface area contributed by atoms with E-state index < -0.39 is 0 Å². The van der Waals surface area contributed by atoms with Crippen LogP contribution in [0.4, 0.5) is 0 Å². The maximum atomic E-state index is 12.1. The Labute approximate surface area is 146 Å². The molecule has 24 heavy (non-hydrogen) atoms. The lowest BCUT2D eigenvalue weighted by molar-refractivity contribution is -0.117. The molecule has 2 N–H and O–H groups in total. The van der Waals surface area contributed by atoms with Gasteiger partial charge in [0, 0.05) is 37.9 Å². The summed E-state index contributed by atoms with van der Waals surface area (Å²) in [6.07, 6.45) is 2.46. The zero-order valence-corrected chi connectivity index (χ0v) is 15.7. The van der Waals surface area contributed by atoms with E-state index in [1.807, 2.05) is 6.07 Å². The number of nitrogens with one attached hydrogen (secondary N) is 2. The SMILES string of the molecule is CC(C)(C)CC(C)(C)N/C=C(/C#N)C(=O)NCCN1CCOCC1. The summed E-state index contributed by atoms with van der Waals surface area (Å²) in [6, 6.07) is 1.98. The highest BCUT2D eigenvalue weighted by Crippen LogP contribution is 2.26. The second-order valence-corrected chi connectivity index (χ2v) is 8.15. The van der Waals surface area contributed by atoms with Crippen LogP contribution in [0, 0.1) is 16.7 Å². The van der Waals surface area contributed by atoms with Crippen LogP contribution >= 0.6 is 0 Å². The van der Waals surface area contributed by atoms with E-state index in [-0.39, 0.29) is 22.4 Å². The van der Waals surface area contributed by atoms with Crippen molar-refractivity contribution in [1.29, 1.82) is 5.26 Å². The van der Waals surface area contributed by atoms with Crippen LogP contribution in [0.25, 0.3) is 0 Å². The van der Waals surface area contributed by atoms with Crippen LogP contribution in [0.3, 0.4) is 0 Å². The van der Waals surface area contributed by atoms with E-state index >= 15 is 0 Å². The lowest BCUT2D eigenvalue weighted by Gasteiger charge is -2.33. The third-order valence-corrected chi connectivity index (χ3v) is 3.76. The van der Waals surface area contributed by atoms with Gasteiger partial charge in [0.1, 0.15) is 11.6 Å². The van der Waals surface area contributed by atoms with Crippen molar-refractivity contribution < 1.29 is 9.53 Å². The fourth-order valence-corrected chi connectivity index (χ4v) is 3.04. The van der Waals surface area contributed by atoms with Gasteiger partial charge in [-0.25, -0.2) is 0 Å². The fraction of sp³-hybridized carbons (Fsp3) is 0.778.